The fourth-order valence-corrected chi connectivity index (χ4v) is 16.3. The van der Waals surface area contributed by atoms with Gasteiger partial charge in [-0.1, -0.05) is 157 Å². The summed E-state index contributed by atoms with van der Waals surface area (Å²) < 4.78 is 0. The van der Waals surface area contributed by atoms with Crippen molar-refractivity contribution in [2.45, 2.75) is 12.3 Å². The minimum absolute atomic E-state index is 0.877. The second-order valence-electron chi connectivity index (χ2n) is 13.5. The molecule has 2 heteroatoms. The van der Waals surface area contributed by atoms with Crippen molar-refractivity contribution < 1.29 is 0 Å². The SMILES string of the molecule is C(#Cc1ccccc1C[P+](c1ccccc1)(c1ccccc1)c1ccccc1)c1ccccc1C[P+](c1ccccc1)(c1ccccc1)c1ccccc1. The van der Waals surface area contributed by atoms with Crippen LogP contribution in [-0.4, -0.2) is 0 Å². The molecule has 0 radical (unpaired) electrons. The minimum atomic E-state index is -2.10. The van der Waals surface area contributed by atoms with Gasteiger partial charge in [0.25, 0.3) is 0 Å². The molecule has 0 amide bonds. The average molecular weight is 729 g/mol. The molecule has 0 saturated heterocycles. The first-order valence-electron chi connectivity index (χ1n) is 18.6. The van der Waals surface area contributed by atoms with E-state index in [9.17, 15) is 0 Å². The second-order valence-corrected chi connectivity index (χ2v) is 20.5. The molecule has 54 heavy (non-hydrogen) atoms. The largest absolute Gasteiger partial charge is 0.116 e. The van der Waals surface area contributed by atoms with Gasteiger partial charge in [0, 0.05) is 22.3 Å². The van der Waals surface area contributed by atoms with E-state index in [1.165, 1.54) is 43.0 Å². The van der Waals surface area contributed by atoms with Crippen molar-refractivity contribution in [1.82, 2.24) is 0 Å². The Kier molecular flexibility index (Phi) is 10.7. The molecule has 0 heterocycles. The Balaban J connectivity index is 1.25. The zero-order valence-corrected chi connectivity index (χ0v) is 32.0. The Morgan fingerprint density at radius 3 is 0.685 bits per heavy atom. The molecule has 0 bridgehead atoms. The van der Waals surface area contributed by atoms with Gasteiger partial charge < -0.3 is 0 Å². The van der Waals surface area contributed by atoms with Crippen LogP contribution in [0.4, 0.5) is 0 Å². The first-order valence-corrected chi connectivity index (χ1v) is 22.5. The summed E-state index contributed by atoms with van der Waals surface area (Å²) in [6.07, 6.45) is 1.75. The summed E-state index contributed by atoms with van der Waals surface area (Å²) in [6.45, 7) is 0. The molecule has 258 valence electrons. The molecule has 0 saturated carbocycles. The number of rotatable bonds is 10. The van der Waals surface area contributed by atoms with Crippen LogP contribution in [0.3, 0.4) is 0 Å². The van der Waals surface area contributed by atoms with Crippen LogP contribution in [0.15, 0.2) is 231 Å². The van der Waals surface area contributed by atoms with Gasteiger partial charge in [-0.25, -0.2) is 0 Å². The van der Waals surface area contributed by atoms with Gasteiger partial charge in [0.15, 0.2) is 0 Å². The van der Waals surface area contributed by atoms with Crippen LogP contribution in [0.25, 0.3) is 0 Å². The molecule has 0 atom stereocenters. The normalized spacial score (nSPS) is 11.3. The lowest BCUT2D eigenvalue weighted by Gasteiger charge is -2.28. The highest BCUT2D eigenvalue weighted by Crippen LogP contribution is 2.59. The Bertz CT molecular complexity index is 2100. The fraction of sp³-hybridized carbons (Fsp3) is 0.0385. The van der Waals surface area contributed by atoms with E-state index < -0.39 is 14.5 Å². The van der Waals surface area contributed by atoms with Gasteiger partial charge >= 0.3 is 0 Å². The van der Waals surface area contributed by atoms with Gasteiger partial charge in [0.1, 0.15) is 46.4 Å². The van der Waals surface area contributed by atoms with E-state index in [-0.39, 0.29) is 0 Å². The third-order valence-corrected chi connectivity index (χ3v) is 19.1. The van der Waals surface area contributed by atoms with Gasteiger partial charge in [0.2, 0.25) is 0 Å². The predicted molar refractivity (Wildman–Crippen MR) is 237 cm³/mol. The molecule has 0 fully saturated rings. The zero-order valence-electron chi connectivity index (χ0n) is 30.2. The van der Waals surface area contributed by atoms with E-state index in [0.29, 0.717) is 0 Å². The topological polar surface area (TPSA) is 0 Å². The predicted octanol–water partition coefficient (Wildman–Crippen LogP) is 10.1. The highest BCUT2D eigenvalue weighted by atomic mass is 31.2. The Morgan fingerprint density at radius 2 is 0.444 bits per heavy atom. The summed E-state index contributed by atoms with van der Waals surface area (Å²) >= 11 is 0. The lowest BCUT2D eigenvalue weighted by molar-refractivity contribution is 1.35. The average Bonchev–Trinajstić information content (AvgIpc) is 3.26. The van der Waals surface area contributed by atoms with Gasteiger partial charge in [-0.05, 0) is 84.9 Å². The van der Waals surface area contributed by atoms with Crippen molar-refractivity contribution in [1.29, 1.82) is 0 Å². The molecular weight excluding hydrogens is 687 g/mol. The highest BCUT2D eigenvalue weighted by Gasteiger charge is 2.47. The maximum atomic E-state index is 3.73. The molecule has 0 spiro atoms. The lowest BCUT2D eigenvalue weighted by Crippen LogP contribution is -2.32. The lowest BCUT2D eigenvalue weighted by atomic mass is 10.1. The summed E-state index contributed by atoms with van der Waals surface area (Å²) in [4.78, 5) is 0. The van der Waals surface area contributed by atoms with Crippen molar-refractivity contribution >= 4 is 46.4 Å². The Morgan fingerprint density at radius 1 is 0.241 bits per heavy atom. The molecule has 8 aromatic rings. The third-order valence-electron chi connectivity index (χ3n) is 10.4. The summed E-state index contributed by atoms with van der Waals surface area (Å²) in [5.41, 5.74) is 4.70. The van der Waals surface area contributed by atoms with Gasteiger partial charge in [-0.2, -0.15) is 0 Å². The third kappa shape index (κ3) is 7.11. The zero-order chi connectivity index (χ0) is 36.5. The maximum absolute atomic E-state index is 3.73. The summed E-state index contributed by atoms with van der Waals surface area (Å²) in [6, 6.07) is 84.3. The van der Waals surface area contributed by atoms with Crippen molar-refractivity contribution in [3.05, 3.63) is 253 Å². The van der Waals surface area contributed by atoms with E-state index in [2.05, 4.69) is 242 Å². The monoisotopic (exact) mass is 728 g/mol. The van der Waals surface area contributed by atoms with Crippen molar-refractivity contribution in [3.63, 3.8) is 0 Å². The fourth-order valence-electron chi connectivity index (χ4n) is 7.74. The van der Waals surface area contributed by atoms with Crippen LogP contribution in [-0.2, 0) is 12.3 Å². The van der Waals surface area contributed by atoms with E-state index >= 15 is 0 Å². The van der Waals surface area contributed by atoms with Crippen LogP contribution in [0.5, 0.6) is 0 Å². The second kappa shape index (κ2) is 16.5. The van der Waals surface area contributed by atoms with Crippen LogP contribution in [0.1, 0.15) is 22.3 Å². The van der Waals surface area contributed by atoms with Crippen LogP contribution in [0.2, 0.25) is 0 Å². The highest BCUT2D eigenvalue weighted by molar-refractivity contribution is 7.95. The van der Waals surface area contributed by atoms with Crippen molar-refractivity contribution in [2.24, 2.45) is 0 Å². The van der Waals surface area contributed by atoms with E-state index in [1.54, 1.807) is 0 Å². The van der Waals surface area contributed by atoms with Crippen LogP contribution in [0, 0.1) is 11.8 Å². The molecular formula is C52H42P2+2. The summed E-state index contributed by atoms with van der Waals surface area (Å²) in [5, 5.41) is 8.24. The first-order chi connectivity index (χ1) is 26.8. The van der Waals surface area contributed by atoms with Gasteiger partial charge in [-0.3, -0.25) is 0 Å². The van der Waals surface area contributed by atoms with E-state index in [1.807, 2.05) is 0 Å². The van der Waals surface area contributed by atoms with Crippen molar-refractivity contribution in [3.8, 4) is 11.8 Å². The summed E-state index contributed by atoms with van der Waals surface area (Å²) in [7, 11) is -4.20. The number of benzene rings is 8. The minimum Gasteiger partial charge on any atom is -0.0620 e. The molecule has 0 nitrogen and oxygen atoms in total. The van der Waals surface area contributed by atoms with Crippen LogP contribution >= 0.6 is 14.5 Å². The van der Waals surface area contributed by atoms with Crippen molar-refractivity contribution in [2.75, 3.05) is 0 Å². The number of hydrogen-bond donors (Lipinski definition) is 0. The maximum Gasteiger partial charge on any atom is 0.116 e. The van der Waals surface area contributed by atoms with E-state index in [0.717, 1.165) is 23.5 Å². The smallest absolute Gasteiger partial charge is 0.0620 e. The molecule has 8 aromatic carbocycles. The van der Waals surface area contributed by atoms with E-state index in [4.69, 9.17) is 0 Å². The molecule has 0 aliphatic rings. The molecule has 0 N–H and O–H groups in total. The molecule has 0 aromatic heterocycles. The van der Waals surface area contributed by atoms with Gasteiger partial charge in [-0.15, -0.1) is 0 Å². The molecule has 0 aliphatic heterocycles. The standard InChI is InChI=1S/C52H42P2/c1-7-27-47(28-8-1)53(48-29-9-2-10-30-48,49-31-11-3-12-32-49)41-45-25-21-19-23-43(45)39-40-44-24-20-22-26-46(44)42-54(50-33-13-4-14-34-50,51-35-15-5-16-36-51)52-37-17-6-18-38-52/h1-38H,41-42H2/q+2. The molecule has 8 rings (SSSR count). The van der Waals surface area contributed by atoms with Crippen LogP contribution < -0.4 is 31.8 Å². The first kappa shape index (κ1) is 35.2. The summed E-state index contributed by atoms with van der Waals surface area (Å²) in [5.74, 6) is 7.46. The number of hydrogen-bond acceptors (Lipinski definition) is 0. The molecule has 0 aliphatic carbocycles. The van der Waals surface area contributed by atoms with Gasteiger partial charge in [0.05, 0.1) is 12.3 Å². The Hall–Kier alpha value is -5.82. The molecule has 0 unspecified atom stereocenters. The quantitative estimate of drug-likeness (QED) is 0.0972. The Labute approximate surface area is 321 Å².